The summed E-state index contributed by atoms with van der Waals surface area (Å²) in [4.78, 5) is 27.2. The third-order valence-electron chi connectivity index (χ3n) is 6.17. The maximum atomic E-state index is 12.9. The van der Waals surface area contributed by atoms with E-state index in [9.17, 15) is 9.59 Å². The van der Waals surface area contributed by atoms with E-state index in [-0.39, 0.29) is 47.9 Å². The molecule has 5 rings (SSSR count). The lowest BCUT2D eigenvalue weighted by Crippen LogP contribution is -2.57. The molecule has 1 unspecified atom stereocenters. The molecule has 0 saturated carbocycles. The summed E-state index contributed by atoms with van der Waals surface area (Å²) in [6.45, 7) is 0.897. The Labute approximate surface area is 152 Å². The lowest BCUT2D eigenvalue weighted by Gasteiger charge is -2.46. The number of benzene rings is 1. The van der Waals surface area contributed by atoms with Crippen LogP contribution in [-0.2, 0) is 19.1 Å². The van der Waals surface area contributed by atoms with Gasteiger partial charge >= 0.3 is 11.9 Å². The molecule has 0 bridgehead atoms. The van der Waals surface area contributed by atoms with E-state index in [2.05, 4.69) is 29.2 Å². The minimum Gasteiger partial charge on any atom is -0.465 e. The Balaban J connectivity index is 1.55. The zero-order valence-electron chi connectivity index (χ0n) is 14.4. The molecule has 26 heavy (non-hydrogen) atoms. The van der Waals surface area contributed by atoms with E-state index >= 15 is 0 Å². The number of morpholine rings is 1. The van der Waals surface area contributed by atoms with Crippen molar-refractivity contribution < 1.29 is 19.1 Å². The minimum atomic E-state index is -0.379. The van der Waals surface area contributed by atoms with Gasteiger partial charge < -0.3 is 9.47 Å². The number of rotatable bonds is 2. The van der Waals surface area contributed by atoms with Crippen molar-refractivity contribution in [3.8, 4) is 0 Å². The standard InChI is InChI=1S/C21H21NO4/c23-20-15-11-22-17(13-7-3-1-4-8-13)19(14-9-5-2-6-10-14)26-21(24)18(22)16(15)12-25-20/h1-7,9-10,13,15-19H,8,11-12H2/t13?,15-,16-,17-,18-,19+/m0/s1. The quantitative estimate of drug-likeness (QED) is 0.765. The van der Waals surface area contributed by atoms with Crippen LogP contribution in [0.2, 0.25) is 0 Å². The Bertz CT molecular complexity index is 786. The summed E-state index contributed by atoms with van der Waals surface area (Å²) in [7, 11) is 0. The van der Waals surface area contributed by atoms with Gasteiger partial charge in [0.1, 0.15) is 12.1 Å². The molecule has 134 valence electrons. The summed E-state index contributed by atoms with van der Waals surface area (Å²) in [5.41, 5.74) is 1.01. The molecule has 3 saturated heterocycles. The summed E-state index contributed by atoms with van der Waals surface area (Å²) < 4.78 is 11.2. The first-order valence-corrected chi connectivity index (χ1v) is 9.25. The minimum absolute atomic E-state index is 0.0275. The van der Waals surface area contributed by atoms with E-state index in [4.69, 9.17) is 9.47 Å². The van der Waals surface area contributed by atoms with Crippen molar-refractivity contribution in [3.63, 3.8) is 0 Å². The summed E-state index contributed by atoms with van der Waals surface area (Å²) in [6.07, 6.45) is 9.05. The number of cyclic esters (lactones) is 2. The molecule has 0 radical (unpaired) electrons. The summed E-state index contributed by atoms with van der Waals surface area (Å²) >= 11 is 0. The first-order chi connectivity index (χ1) is 12.7. The van der Waals surface area contributed by atoms with Gasteiger partial charge in [0.2, 0.25) is 0 Å². The molecule has 4 aliphatic rings. The van der Waals surface area contributed by atoms with Gasteiger partial charge in [-0.2, -0.15) is 0 Å². The number of nitrogens with zero attached hydrogens (tertiary/aromatic N) is 1. The molecular weight excluding hydrogens is 330 g/mol. The topological polar surface area (TPSA) is 55.8 Å². The van der Waals surface area contributed by atoms with E-state index < -0.39 is 0 Å². The highest BCUT2D eigenvalue weighted by Gasteiger charge is 2.60. The van der Waals surface area contributed by atoms with Crippen LogP contribution < -0.4 is 0 Å². The molecule has 5 heteroatoms. The van der Waals surface area contributed by atoms with Crippen LogP contribution in [0.4, 0.5) is 0 Å². The third kappa shape index (κ3) is 2.34. The van der Waals surface area contributed by atoms with Crippen LogP contribution in [0.15, 0.2) is 54.6 Å². The predicted octanol–water partition coefficient (Wildman–Crippen LogP) is 2.26. The van der Waals surface area contributed by atoms with Crippen molar-refractivity contribution in [3.05, 3.63) is 60.2 Å². The van der Waals surface area contributed by atoms with Crippen LogP contribution in [0.3, 0.4) is 0 Å². The Morgan fingerprint density at radius 1 is 1.04 bits per heavy atom. The Kier molecular flexibility index (Phi) is 3.71. The molecule has 0 spiro atoms. The third-order valence-corrected chi connectivity index (χ3v) is 6.17. The predicted molar refractivity (Wildman–Crippen MR) is 93.9 cm³/mol. The number of allylic oxidation sites excluding steroid dienone is 3. The van der Waals surface area contributed by atoms with Crippen LogP contribution in [0.25, 0.3) is 0 Å². The molecule has 1 aliphatic carbocycles. The highest BCUT2D eigenvalue weighted by atomic mass is 16.6. The lowest BCUT2D eigenvalue weighted by molar-refractivity contribution is -0.177. The number of hydrogen-bond donors (Lipinski definition) is 0. The SMILES string of the molecule is O=C1OC[C@H]2[C@@H]1CN1[C@@H]2C(=O)O[C@H](c2ccccc2)[C@@H]1C1C=CC=CC1. The fourth-order valence-electron chi connectivity index (χ4n) is 4.97. The van der Waals surface area contributed by atoms with Crippen molar-refractivity contribution in [2.45, 2.75) is 24.6 Å². The second kappa shape index (κ2) is 6.09. The van der Waals surface area contributed by atoms with Crippen LogP contribution in [0.1, 0.15) is 18.1 Å². The molecule has 0 aromatic heterocycles. The molecule has 3 heterocycles. The fraction of sp³-hybridized carbons (Fsp3) is 0.429. The maximum absolute atomic E-state index is 12.9. The molecule has 3 aliphatic heterocycles. The Morgan fingerprint density at radius 2 is 1.88 bits per heavy atom. The van der Waals surface area contributed by atoms with Crippen molar-refractivity contribution in [2.75, 3.05) is 13.2 Å². The zero-order valence-corrected chi connectivity index (χ0v) is 14.4. The Morgan fingerprint density at radius 3 is 2.65 bits per heavy atom. The van der Waals surface area contributed by atoms with E-state index in [1.807, 2.05) is 30.3 Å². The largest absolute Gasteiger partial charge is 0.465 e. The van der Waals surface area contributed by atoms with Gasteiger partial charge in [-0.05, 0) is 12.0 Å². The lowest BCUT2D eigenvalue weighted by atomic mass is 9.83. The number of esters is 2. The number of hydrogen-bond acceptors (Lipinski definition) is 5. The van der Waals surface area contributed by atoms with Gasteiger partial charge in [0.15, 0.2) is 0 Å². The molecule has 5 nitrogen and oxygen atoms in total. The first kappa shape index (κ1) is 15.8. The second-order valence-electron chi connectivity index (χ2n) is 7.51. The molecule has 6 atom stereocenters. The van der Waals surface area contributed by atoms with Gasteiger partial charge in [0.25, 0.3) is 0 Å². The molecule has 3 fully saturated rings. The van der Waals surface area contributed by atoms with Crippen LogP contribution in [0, 0.1) is 17.8 Å². The molecule has 1 aromatic carbocycles. The van der Waals surface area contributed by atoms with E-state index in [0.717, 1.165) is 12.0 Å². The summed E-state index contributed by atoms with van der Waals surface area (Å²) in [5.74, 6) is -0.455. The van der Waals surface area contributed by atoms with E-state index in [1.54, 1.807) is 0 Å². The van der Waals surface area contributed by atoms with Gasteiger partial charge in [0, 0.05) is 18.4 Å². The fourth-order valence-corrected chi connectivity index (χ4v) is 4.97. The van der Waals surface area contributed by atoms with Gasteiger partial charge in [0.05, 0.1) is 18.6 Å². The summed E-state index contributed by atoms with van der Waals surface area (Å²) in [6, 6.07) is 9.58. The Hall–Kier alpha value is -2.40. The highest BCUT2D eigenvalue weighted by Crippen LogP contribution is 2.46. The number of carbonyl (C=O) groups is 2. The first-order valence-electron chi connectivity index (χ1n) is 9.25. The van der Waals surface area contributed by atoms with Gasteiger partial charge in [-0.25, -0.2) is 0 Å². The van der Waals surface area contributed by atoms with Gasteiger partial charge in [-0.1, -0.05) is 54.6 Å². The normalized spacial score (nSPS) is 38.6. The second-order valence-corrected chi connectivity index (χ2v) is 7.51. The summed E-state index contributed by atoms with van der Waals surface area (Å²) in [5, 5.41) is 0. The van der Waals surface area contributed by atoms with Crippen molar-refractivity contribution in [2.24, 2.45) is 17.8 Å². The number of fused-ring (bicyclic) bond motifs is 3. The highest BCUT2D eigenvalue weighted by molar-refractivity contribution is 5.83. The zero-order chi connectivity index (χ0) is 17.7. The van der Waals surface area contributed by atoms with Crippen LogP contribution in [-0.4, -0.2) is 42.1 Å². The van der Waals surface area contributed by atoms with Crippen molar-refractivity contribution in [1.82, 2.24) is 4.90 Å². The number of ether oxygens (including phenoxy) is 2. The average Bonchev–Trinajstić information content (AvgIpc) is 3.23. The molecular formula is C21H21NO4. The smallest absolute Gasteiger partial charge is 0.324 e. The van der Waals surface area contributed by atoms with Crippen molar-refractivity contribution in [1.29, 1.82) is 0 Å². The van der Waals surface area contributed by atoms with Crippen LogP contribution in [0.5, 0.6) is 0 Å². The van der Waals surface area contributed by atoms with Gasteiger partial charge in [-0.3, -0.25) is 14.5 Å². The van der Waals surface area contributed by atoms with E-state index in [0.29, 0.717) is 13.2 Å². The number of carbonyl (C=O) groups excluding carboxylic acids is 2. The van der Waals surface area contributed by atoms with Crippen molar-refractivity contribution >= 4 is 11.9 Å². The molecule has 0 amide bonds. The van der Waals surface area contributed by atoms with E-state index in [1.165, 1.54) is 0 Å². The monoisotopic (exact) mass is 351 g/mol. The maximum Gasteiger partial charge on any atom is 0.324 e. The van der Waals surface area contributed by atoms with Gasteiger partial charge in [-0.15, -0.1) is 0 Å². The molecule has 1 aromatic rings. The average molecular weight is 351 g/mol. The molecule has 0 N–H and O–H groups in total. The van der Waals surface area contributed by atoms with Crippen LogP contribution >= 0.6 is 0 Å².